The number of aryl methyl sites for hydroxylation is 2. The van der Waals surface area contributed by atoms with Crippen molar-refractivity contribution in [2.45, 2.75) is 26.3 Å². The van der Waals surface area contributed by atoms with Gasteiger partial charge in [0.1, 0.15) is 0 Å². The zero-order valence-corrected chi connectivity index (χ0v) is 12.9. The van der Waals surface area contributed by atoms with Gasteiger partial charge in [-0.05, 0) is 26.3 Å². The minimum Gasteiger partial charge on any atom is -0.334 e. The summed E-state index contributed by atoms with van der Waals surface area (Å²) in [7, 11) is 0. The average Bonchev–Trinajstić information content (AvgIpc) is 3.25. The third kappa shape index (κ3) is 2.33. The van der Waals surface area contributed by atoms with E-state index in [0.29, 0.717) is 18.9 Å². The van der Waals surface area contributed by atoms with Crippen LogP contribution in [0.25, 0.3) is 5.78 Å². The lowest BCUT2D eigenvalue weighted by Gasteiger charge is -2.13. The lowest BCUT2D eigenvalue weighted by molar-refractivity contribution is 0.0774. The molecule has 9 heteroatoms. The van der Waals surface area contributed by atoms with E-state index in [1.165, 1.54) is 0 Å². The molecule has 0 spiro atoms. The number of carbonyl (C=O) groups is 1. The van der Waals surface area contributed by atoms with Crippen LogP contribution in [0.2, 0.25) is 0 Å². The summed E-state index contributed by atoms with van der Waals surface area (Å²) < 4.78 is 1.60. The third-order valence-electron chi connectivity index (χ3n) is 4.02. The lowest BCUT2D eigenvalue weighted by atomic mass is 10.3. The van der Waals surface area contributed by atoms with E-state index in [4.69, 9.17) is 0 Å². The molecule has 1 aliphatic heterocycles. The highest BCUT2D eigenvalue weighted by atomic mass is 16.2. The molecular formula is C14H16N8O. The molecule has 3 aromatic heterocycles. The Labute approximate surface area is 131 Å². The molecule has 23 heavy (non-hydrogen) atoms. The fourth-order valence-electron chi connectivity index (χ4n) is 2.93. The summed E-state index contributed by atoms with van der Waals surface area (Å²) in [6.07, 6.45) is 4.11. The normalized spacial score (nSPS) is 18.0. The SMILES string of the molecule is Cc1cc(C)n2nc(C(=O)N3CCC(n4nccn4)C3)nc2n1. The molecule has 118 valence electrons. The van der Waals surface area contributed by atoms with Crippen LogP contribution in [0.3, 0.4) is 0 Å². The summed E-state index contributed by atoms with van der Waals surface area (Å²) >= 11 is 0. The highest BCUT2D eigenvalue weighted by Gasteiger charge is 2.31. The summed E-state index contributed by atoms with van der Waals surface area (Å²) in [4.78, 5) is 24.6. The number of carbonyl (C=O) groups excluding carboxylic acids is 1. The number of amides is 1. The van der Waals surface area contributed by atoms with E-state index in [1.807, 2.05) is 19.9 Å². The first-order chi connectivity index (χ1) is 11.1. The smallest absolute Gasteiger partial charge is 0.293 e. The largest absolute Gasteiger partial charge is 0.334 e. The first-order valence-corrected chi connectivity index (χ1v) is 7.48. The zero-order chi connectivity index (χ0) is 16.0. The van der Waals surface area contributed by atoms with E-state index in [-0.39, 0.29) is 17.8 Å². The monoisotopic (exact) mass is 312 g/mol. The van der Waals surface area contributed by atoms with Gasteiger partial charge in [-0.3, -0.25) is 4.79 Å². The van der Waals surface area contributed by atoms with Crippen molar-refractivity contribution >= 4 is 11.7 Å². The number of nitrogens with zero attached hydrogens (tertiary/aromatic N) is 8. The Kier molecular flexibility index (Phi) is 3.07. The van der Waals surface area contributed by atoms with Crippen molar-refractivity contribution in [3.63, 3.8) is 0 Å². The molecule has 0 N–H and O–H groups in total. The van der Waals surface area contributed by atoms with Crippen molar-refractivity contribution in [3.8, 4) is 0 Å². The maximum Gasteiger partial charge on any atom is 0.293 e. The van der Waals surface area contributed by atoms with E-state index in [1.54, 1.807) is 26.6 Å². The molecule has 1 fully saturated rings. The van der Waals surface area contributed by atoms with Gasteiger partial charge < -0.3 is 4.90 Å². The number of hydrogen-bond donors (Lipinski definition) is 0. The Morgan fingerprint density at radius 2 is 2.00 bits per heavy atom. The van der Waals surface area contributed by atoms with Crippen LogP contribution in [0.4, 0.5) is 0 Å². The molecular weight excluding hydrogens is 296 g/mol. The first kappa shape index (κ1) is 13.8. The molecule has 1 amide bonds. The maximum atomic E-state index is 12.6. The second kappa shape index (κ2) is 5.11. The minimum atomic E-state index is -0.179. The highest BCUT2D eigenvalue weighted by Crippen LogP contribution is 2.21. The Bertz CT molecular complexity index is 868. The molecule has 0 radical (unpaired) electrons. The van der Waals surface area contributed by atoms with Crippen molar-refractivity contribution in [1.29, 1.82) is 0 Å². The van der Waals surface area contributed by atoms with Crippen molar-refractivity contribution < 1.29 is 4.79 Å². The summed E-state index contributed by atoms with van der Waals surface area (Å²) in [6, 6.07) is 2.01. The molecule has 0 saturated carbocycles. The van der Waals surface area contributed by atoms with Crippen LogP contribution in [0.15, 0.2) is 18.5 Å². The minimum absolute atomic E-state index is 0.105. The van der Waals surface area contributed by atoms with E-state index < -0.39 is 0 Å². The van der Waals surface area contributed by atoms with E-state index in [9.17, 15) is 4.79 Å². The second-order valence-electron chi connectivity index (χ2n) is 5.73. The van der Waals surface area contributed by atoms with Crippen LogP contribution in [0, 0.1) is 13.8 Å². The van der Waals surface area contributed by atoms with Crippen LogP contribution in [-0.2, 0) is 0 Å². The summed E-state index contributed by atoms with van der Waals surface area (Å²) in [5, 5.41) is 12.6. The quantitative estimate of drug-likeness (QED) is 0.680. The Balaban J connectivity index is 1.59. The van der Waals surface area contributed by atoms with Crippen LogP contribution in [0.1, 0.15) is 34.5 Å². The van der Waals surface area contributed by atoms with Gasteiger partial charge in [0.15, 0.2) is 0 Å². The molecule has 0 aliphatic carbocycles. The van der Waals surface area contributed by atoms with Gasteiger partial charge in [-0.1, -0.05) is 0 Å². The fourth-order valence-corrected chi connectivity index (χ4v) is 2.93. The third-order valence-corrected chi connectivity index (χ3v) is 4.02. The summed E-state index contributed by atoms with van der Waals surface area (Å²) in [5.41, 5.74) is 1.76. The summed E-state index contributed by atoms with van der Waals surface area (Å²) in [5.74, 6) is 0.456. The van der Waals surface area contributed by atoms with E-state index >= 15 is 0 Å². The average molecular weight is 312 g/mol. The van der Waals surface area contributed by atoms with Gasteiger partial charge in [-0.15, -0.1) is 5.10 Å². The molecule has 1 aliphatic rings. The molecule has 9 nitrogen and oxygen atoms in total. The predicted molar refractivity (Wildman–Crippen MR) is 79.8 cm³/mol. The first-order valence-electron chi connectivity index (χ1n) is 7.48. The predicted octanol–water partition coefficient (Wildman–Crippen LogP) is 0.420. The molecule has 1 atom stereocenters. The van der Waals surface area contributed by atoms with Gasteiger partial charge in [-0.25, -0.2) is 9.50 Å². The Hall–Kier alpha value is -2.84. The van der Waals surface area contributed by atoms with Gasteiger partial charge in [0.05, 0.1) is 18.4 Å². The highest BCUT2D eigenvalue weighted by molar-refractivity contribution is 5.91. The van der Waals surface area contributed by atoms with Gasteiger partial charge in [0, 0.05) is 24.5 Å². The number of aromatic nitrogens is 7. The maximum absolute atomic E-state index is 12.6. The topological polar surface area (TPSA) is 94.1 Å². The second-order valence-corrected chi connectivity index (χ2v) is 5.73. The van der Waals surface area contributed by atoms with E-state index in [2.05, 4.69) is 25.3 Å². The number of fused-ring (bicyclic) bond motifs is 1. The van der Waals surface area contributed by atoms with Crippen molar-refractivity contribution in [2.75, 3.05) is 13.1 Å². The zero-order valence-electron chi connectivity index (χ0n) is 12.9. The number of hydrogen-bond acceptors (Lipinski definition) is 6. The molecule has 0 aromatic carbocycles. The molecule has 4 heterocycles. The summed E-state index contributed by atoms with van der Waals surface area (Å²) in [6.45, 7) is 5.02. The van der Waals surface area contributed by atoms with Gasteiger partial charge >= 0.3 is 0 Å². The molecule has 0 bridgehead atoms. The standard InChI is InChI=1S/C14H16N8O/c1-9-7-10(2)21-14(17-9)18-12(19-21)13(23)20-6-3-11(8-20)22-15-4-5-16-22/h4-5,7,11H,3,6,8H2,1-2H3. The van der Waals surface area contributed by atoms with Crippen molar-refractivity contribution in [1.82, 2.24) is 39.5 Å². The van der Waals surface area contributed by atoms with Crippen molar-refractivity contribution in [3.05, 3.63) is 35.7 Å². The van der Waals surface area contributed by atoms with Gasteiger partial charge in [0.2, 0.25) is 5.82 Å². The number of rotatable bonds is 2. The molecule has 3 aromatic rings. The Morgan fingerprint density at radius 1 is 1.22 bits per heavy atom. The fraction of sp³-hybridized carbons (Fsp3) is 0.429. The van der Waals surface area contributed by atoms with Gasteiger partial charge in [0.25, 0.3) is 11.7 Å². The number of likely N-dealkylation sites (tertiary alicyclic amines) is 1. The molecule has 4 rings (SSSR count). The lowest BCUT2D eigenvalue weighted by Crippen LogP contribution is -2.30. The molecule has 1 saturated heterocycles. The van der Waals surface area contributed by atoms with Gasteiger partial charge in [-0.2, -0.15) is 20.0 Å². The van der Waals surface area contributed by atoms with Crippen LogP contribution in [-0.4, -0.2) is 58.5 Å². The molecule has 1 unspecified atom stereocenters. The van der Waals surface area contributed by atoms with Crippen LogP contribution in [0.5, 0.6) is 0 Å². The van der Waals surface area contributed by atoms with Crippen LogP contribution >= 0.6 is 0 Å². The van der Waals surface area contributed by atoms with Crippen LogP contribution < -0.4 is 0 Å². The van der Waals surface area contributed by atoms with E-state index in [0.717, 1.165) is 17.8 Å². The Morgan fingerprint density at radius 3 is 2.78 bits per heavy atom. The van der Waals surface area contributed by atoms with Crippen molar-refractivity contribution in [2.24, 2.45) is 0 Å².